The van der Waals surface area contributed by atoms with Crippen LogP contribution in [0.2, 0.25) is 0 Å². The quantitative estimate of drug-likeness (QED) is 0.605. The third-order valence-corrected chi connectivity index (χ3v) is 3.44. The lowest BCUT2D eigenvalue weighted by atomic mass is 10.2. The number of amides is 1. The lowest BCUT2D eigenvalue weighted by Gasteiger charge is -2.21. The Balaban J connectivity index is 1.92. The number of carbonyl (C=O) groups is 1. The molecular weight excluding hydrogens is 306 g/mol. The van der Waals surface area contributed by atoms with Crippen molar-refractivity contribution in [2.75, 3.05) is 25.1 Å². The number of ether oxygens (including phenoxy) is 1. The van der Waals surface area contributed by atoms with E-state index in [9.17, 15) is 9.90 Å². The fourth-order valence-corrected chi connectivity index (χ4v) is 2.19. The van der Waals surface area contributed by atoms with Crippen LogP contribution in [0.4, 0.5) is 5.69 Å². The van der Waals surface area contributed by atoms with Crippen molar-refractivity contribution < 1.29 is 14.6 Å². The van der Waals surface area contributed by atoms with Crippen molar-refractivity contribution in [1.29, 1.82) is 0 Å². The van der Waals surface area contributed by atoms with Crippen molar-refractivity contribution >= 4 is 17.8 Å². The number of phenols is 1. The summed E-state index contributed by atoms with van der Waals surface area (Å²) in [6.07, 6.45) is 1.50. The molecule has 6 heteroatoms. The molecule has 2 aromatic carbocycles. The minimum atomic E-state index is -0.206. The number of aromatic hydroxyl groups is 1. The van der Waals surface area contributed by atoms with Crippen molar-refractivity contribution in [3.05, 3.63) is 54.1 Å². The van der Waals surface area contributed by atoms with E-state index in [-0.39, 0.29) is 18.2 Å². The molecule has 0 heterocycles. The SMILES string of the molecule is CCN(CC(=O)N/N=C/c1ccc(O)c(OC)c1)c1ccccc1. The van der Waals surface area contributed by atoms with E-state index < -0.39 is 0 Å². The number of hydrazone groups is 1. The maximum Gasteiger partial charge on any atom is 0.259 e. The second kappa shape index (κ2) is 8.57. The standard InChI is InChI=1S/C18H21N3O3/c1-3-21(15-7-5-4-6-8-15)13-18(23)20-19-12-14-9-10-16(22)17(11-14)24-2/h4-12,22H,3,13H2,1-2H3,(H,20,23)/b19-12+. The fraction of sp³-hybridized carbons (Fsp3) is 0.222. The van der Waals surface area contributed by atoms with Crippen LogP contribution in [0.3, 0.4) is 0 Å². The smallest absolute Gasteiger partial charge is 0.259 e. The molecule has 6 nitrogen and oxygen atoms in total. The molecule has 0 atom stereocenters. The molecule has 0 aliphatic rings. The summed E-state index contributed by atoms with van der Waals surface area (Å²) in [5, 5.41) is 13.5. The molecule has 0 radical (unpaired) electrons. The third kappa shape index (κ3) is 4.74. The van der Waals surface area contributed by atoms with Crippen LogP contribution < -0.4 is 15.1 Å². The maximum atomic E-state index is 12.0. The summed E-state index contributed by atoms with van der Waals surface area (Å²) in [7, 11) is 1.47. The van der Waals surface area contributed by atoms with E-state index in [1.54, 1.807) is 12.1 Å². The Morgan fingerprint density at radius 3 is 2.71 bits per heavy atom. The summed E-state index contributed by atoms with van der Waals surface area (Å²) in [6.45, 7) is 2.93. The first-order valence-corrected chi connectivity index (χ1v) is 7.63. The maximum absolute atomic E-state index is 12.0. The van der Waals surface area contributed by atoms with Crippen molar-refractivity contribution in [2.24, 2.45) is 5.10 Å². The molecule has 24 heavy (non-hydrogen) atoms. The molecule has 0 unspecified atom stereocenters. The van der Waals surface area contributed by atoms with Gasteiger partial charge in [-0.1, -0.05) is 18.2 Å². The lowest BCUT2D eigenvalue weighted by molar-refractivity contribution is -0.119. The van der Waals surface area contributed by atoms with Crippen LogP contribution in [-0.2, 0) is 4.79 Å². The van der Waals surface area contributed by atoms with Gasteiger partial charge in [-0.05, 0) is 42.8 Å². The third-order valence-electron chi connectivity index (χ3n) is 3.44. The Bertz CT molecular complexity index is 702. The highest BCUT2D eigenvalue weighted by Gasteiger charge is 2.08. The molecule has 2 rings (SSSR count). The molecule has 0 aromatic heterocycles. The van der Waals surface area contributed by atoms with Gasteiger partial charge in [-0.3, -0.25) is 4.79 Å². The second-order valence-electron chi connectivity index (χ2n) is 5.07. The predicted octanol–water partition coefficient (Wildman–Crippen LogP) is 2.38. The van der Waals surface area contributed by atoms with Gasteiger partial charge in [0.1, 0.15) is 0 Å². The molecule has 0 fully saturated rings. The van der Waals surface area contributed by atoms with Gasteiger partial charge in [0.25, 0.3) is 5.91 Å². The van der Waals surface area contributed by atoms with Gasteiger partial charge in [0.05, 0.1) is 19.9 Å². The highest BCUT2D eigenvalue weighted by Crippen LogP contribution is 2.25. The van der Waals surface area contributed by atoms with Crippen LogP contribution in [0.5, 0.6) is 11.5 Å². The molecule has 2 aromatic rings. The Morgan fingerprint density at radius 2 is 2.04 bits per heavy atom. The second-order valence-corrected chi connectivity index (χ2v) is 5.07. The molecule has 0 aliphatic heterocycles. The minimum absolute atomic E-state index is 0.0557. The van der Waals surface area contributed by atoms with Crippen LogP contribution in [-0.4, -0.2) is 37.4 Å². The molecule has 0 saturated heterocycles. The van der Waals surface area contributed by atoms with Gasteiger partial charge in [-0.25, -0.2) is 5.43 Å². The number of carbonyl (C=O) groups excluding carboxylic acids is 1. The monoisotopic (exact) mass is 327 g/mol. The zero-order chi connectivity index (χ0) is 17.4. The fourth-order valence-electron chi connectivity index (χ4n) is 2.19. The zero-order valence-electron chi connectivity index (χ0n) is 13.8. The minimum Gasteiger partial charge on any atom is -0.504 e. The van der Waals surface area contributed by atoms with Crippen LogP contribution in [0.15, 0.2) is 53.6 Å². The first-order chi connectivity index (χ1) is 11.6. The number of rotatable bonds is 7. The average molecular weight is 327 g/mol. The summed E-state index contributed by atoms with van der Waals surface area (Å²) >= 11 is 0. The first kappa shape index (κ1) is 17.3. The van der Waals surface area contributed by atoms with Crippen LogP contribution >= 0.6 is 0 Å². The number of likely N-dealkylation sites (N-methyl/N-ethyl adjacent to an activating group) is 1. The van der Waals surface area contributed by atoms with E-state index in [1.165, 1.54) is 19.4 Å². The molecule has 0 saturated carbocycles. The van der Waals surface area contributed by atoms with Gasteiger partial charge in [0.15, 0.2) is 11.5 Å². The lowest BCUT2D eigenvalue weighted by Crippen LogP contribution is -2.35. The van der Waals surface area contributed by atoms with E-state index in [2.05, 4.69) is 10.5 Å². The Hall–Kier alpha value is -3.02. The van der Waals surface area contributed by atoms with E-state index in [4.69, 9.17) is 4.74 Å². The van der Waals surface area contributed by atoms with Gasteiger partial charge in [0.2, 0.25) is 0 Å². The number of hydrogen-bond acceptors (Lipinski definition) is 5. The van der Waals surface area contributed by atoms with Gasteiger partial charge >= 0.3 is 0 Å². The number of benzene rings is 2. The Kier molecular flexibility index (Phi) is 6.19. The van der Waals surface area contributed by atoms with E-state index >= 15 is 0 Å². The largest absolute Gasteiger partial charge is 0.504 e. The number of phenolic OH excluding ortho intramolecular Hbond substituents is 1. The van der Waals surface area contributed by atoms with Crippen molar-refractivity contribution in [2.45, 2.75) is 6.92 Å². The molecule has 0 aliphatic carbocycles. The van der Waals surface area contributed by atoms with Gasteiger partial charge in [0, 0.05) is 12.2 Å². The van der Waals surface area contributed by atoms with Crippen LogP contribution in [0.25, 0.3) is 0 Å². The molecule has 0 bridgehead atoms. The Labute approximate surface area is 141 Å². The van der Waals surface area contributed by atoms with Crippen molar-refractivity contribution in [1.82, 2.24) is 5.43 Å². The Morgan fingerprint density at radius 1 is 1.29 bits per heavy atom. The number of hydrogen-bond donors (Lipinski definition) is 2. The number of nitrogens with zero attached hydrogens (tertiary/aromatic N) is 2. The summed E-state index contributed by atoms with van der Waals surface area (Å²) in [6, 6.07) is 14.6. The molecular formula is C18H21N3O3. The number of para-hydroxylation sites is 1. The molecule has 1 amide bonds. The highest BCUT2D eigenvalue weighted by molar-refractivity contribution is 5.85. The molecule has 126 valence electrons. The van der Waals surface area contributed by atoms with E-state index in [0.29, 0.717) is 11.3 Å². The molecule has 0 spiro atoms. The summed E-state index contributed by atoms with van der Waals surface area (Å²) in [5.41, 5.74) is 4.20. The predicted molar refractivity (Wildman–Crippen MR) is 94.7 cm³/mol. The number of methoxy groups -OCH3 is 1. The van der Waals surface area contributed by atoms with Gasteiger partial charge < -0.3 is 14.7 Å². The highest BCUT2D eigenvalue weighted by atomic mass is 16.5. The van der Waals surface area contributed by atoms with Crippen molar-refractivity contribution in [3.8, 4) is 11.5 Å². The zero-order valence-corrected chi connectivity index (χ0v) is 13.8. The first-order valence-electron chi connectivity index (χ1n) is 7.63. The van der Waals surface area contributed by atoms with Gasteiger partial charge in [-0.2, -0.15) is 5.10 Å². The molecule has 2 N–H and O–H groups in total. The number of anilines is 1. The van der Waals surface area contributed by atoms with Gasteiger partial charge in [-0.15, -0.1) is 0 Å². The topological polar surface area (TPSA) is 74.2 Å². The number of nitrogens with one attached hydrogen (secondary N) is 1. The summed E-state index contributed by atoms with van der Waals surface area (Å²) in [4.78, 5) is 14.0. The van der Waals surface area contributed by atoms with E-state index in [1.807, 2.05) is 42.2 Å². The summed E-state index contributed by atoms with van der Waals surface area (Å²) in [5.74, 6) is 0.203. The van der Waals surface area contributed by atoms with Crippen LogP contribution in [0, 0.1) is 0 Å². The summed E-state index contributed by atoms with van der Waals surface area (Å²) < 4.78 is 5.02. The van der Waals surface area contributed by atoms with Crippen molar-refractivity contribution in [3.63, 3.8) is 0 Å². The van der Waals surface area contributed by atoms with Crippen LogP contribution in [0.1, 0.15) is 12.5 Å². The van der Waals surface area contributed by atoms with E-state index in [0.717, 1.165) is 12.2 Å². The average Bonchev–Trinajstić information content (AvgIpc) is 2.61. The normalized spacial score (nSPS) is 10.6.